The summed E-state index contributed by atoms with van der Waals surface area (Å²) in [5.74, 6) is -0.202. The van der Waals surface area contributed by atoms with Crippen molar-refractivity contribution < 1.29 is 19.1 Å². The third-order valence-electron chi connectivity index (χ3n) is 3.12. The van der Waals surface area contributed by atoms with Gasteiger partial charge in [0.1, 0.15) is 12.4 Å². The first kappa shape index (κ1) is 17.2. The number of halogens is 3. The smallest absolute Gasteiger partial charge is 0.344 e. The number of hydrogen-bond acceptors (Lipinski definition) is 4. The Morgan fingerprint density at radius 1 is 1.18 bits per heavy atom. The normalized spacial score (nSPS) is 14.3. The zero-order valence-electron chi connectivity index (χ0n) is 11.6. The summed E-state index contributed by atoms with van der Waals surface area (Å²) in [4.78, 5) is 24.6. The van der Waals surface area contributed by atoms with E-state index in [0.717, 1.165) is 6.42 Å². The van der Waals surface area contributed by atoms with E-state index in [4.69, 9.17) is 44.3 Å². The van der Waals surface area contributed by atoms with Gasteiger partial charge in [0.25, 0.3) is 0 Å². The molecule has 1 saturated heterocycles. The molecule has 1 heterocycles. The minimum Gasteiger partial charge on any atom is -0.480 e. The lowest BCUT2D eigenvalue weighted by Crippen LogP contribution is -2.30. The maximum Gasteiger partial charge on any atom is 0.344 e. The number of likely N-dealkylation sites (tertiary alicyclic amines) is 1. The van der Waals surface area contributed by atoms with Gasteiger partial charge in [0.2, 0.25) is 5.91 Å². The van der Waals surface area contributed by atoms with E-state index in [1.165, 1.54) is 12.1 Å². The molecular formula is C14H14Cl3NO4. The first-order chi connectivity index (χ1) is 10.5. The van der Waals surface area contributed by atoms with Gasteiger partial charge >= 0.3 is 5.97 Å². The topological polar surface area (TPSA) is 55.8 Å². The van der Waals surface area contributed by atoms with Crippen molar-refractivity contribution in [1.29, 1.82) is 0 Å². The van der Waals surface area contributed by atoms with E-state index in [1.807, 2.05) is 0 Å². The summed E-state index contributed by atoms with van der Waals surface area (Å²) in [5, 5.41) is 0.837. The average molecular weight is 367 g/mol. The number of rotatable bonds is 6. The summed E-state index contributed by atoms with van der Waals surface area (Å²) in [5.41, 5.74) is 0. The van der Waals surface area contributed by atoms with Crippen LogP contribution in [0.25, 0.3) is 0 Å². The van der Waals surface area contributed by atoms with E-state index >= 15 is 0 Å². The van der Waals surface area contributed by atoms with Crippen LogP contribution in [-0.2, 0) is 14.3 Å². The number of amides is 1. The van der Waals surface area contributed by atoms with Crippen molar-refractivity contribution in [3.63, 3.8) is 0 Å². The monoisotopic (exact) mass is 365 g/mol. The molecule has 1 aromatic rings. The van der Waals surface area contributed by atoms with E-state index in [0.29, 0.717) is 24.5 Å². The number of benzene rings is 1. The molecule has 1 amide bonds. The number of hydrogen-bond donors (Lipinski definition) is 0. The van der Waals surface area contributed by atoms with Gasteiger partial charge < -0.3 is 14.4 Å². The SMILES string of the molecule is O=C(COc1cc(Cl)c(Cl)cc1Cl)OCCN1CCCC1=O. The van der Waals surface area contributed by atoms with E-state index in [2.05, 4.69) is 0 Å². The highest BCUT2D eigenvalue weighted by Gasteiger charge is 2.20. The zero-order valence-corrected chi connectivity index (χ0v) is 13.9. The maximum atomic E-state index is 11.6. The predicted octanol–water partition coefficient (Wildman–Crippen LogP) is 3.19. The molecule has 1 fully saturated rings. The fourth-order valence-electron chi connectivity index (χ4n) is 2.00. The number of carbonyl (C=O) groups excluding carboxylic acids is 2. The molecular weight excluding hydrogens is 353 g/mol. The lowest BCUT2D eigenvalue weighted by Gasteiger charge is -2.15. The van der Waals surface area contributed by atoms with Gasteiger partial charge in [-0.2, -0.15) is 0 Å². The van der Waals surface area contributed by atoms with Crippen LogP contribution < -0.4 is 4.74 Å². The molecule has 0 N–H and O–H groups in total. The van der Waals surface area contributed by atoms with Crippen LogP contribution in [0.3, 0.4) is 0 Å². The molecule has 0 aromatic heterocycles. The van der Waals surface area contributed by atoms with E-state index < -0.39 is 5.97 Å². The van der Waals surface area contributed by atoms with Crippen molar-refractivity contribution in [2.24, 2.45) is 0 Å². The Bertz CT molecular complexity index is 579. The van der Waals surface area contributed by atoms with Crippen molar-refractivity contribution in [2.45, 2.75) is 12.8 Å². The lowest BCUT2D eigenvalue weighted by molar-refractivity contribution is -0.147. The molecule has 8 heteroatoms. The van der Waals surface area contributed by atoms with Crippen molar-refractivity contribution >= 4 is 46.7 Å². The highest BCUT2D eigenvalue weighted by atomic mass is 35.5. The second-order valence-corrected chi connectivity index (χ2v) is 5.91. The molecule has 22 heavy (non-hydrogen) atoms. The molecule has 0 spiro atoms. The highest BCUT2D eigenvalue weighted by Crippen LogP contribution is 2.33. The van der Waals surface area contributed by atoms with Crippen LogP contribution in [0.15, 0.2) is 12.1 Å². The molecule has 2 rings (SSSR count). The van der Waals surface area contributed by atoms with E-state index in [9.17, 15) is 9.59 Å². The molecule has 5 nitrogen and oxygen atoms in total. The van der Waals surface area contributed by atoms with Gasteiger partial charge in [0.05, 0.1) is 21.6 Å². The number of ether oxygens (including phenoxy) is 2. The number of carbonyl (C=O) groups is 2. The minimum atomic E-state index is -0.547. The second kappa shape index (κ2) is 7.90. The Morgan fingerprint density at radius 3 is 2.59 bits per heavy atom. The van der Waals surface area contributed by atoms with Gasteiger partial charge in [-0.15, -0.1) is 0 Å². The standard InChI is InChI=1S/C14H14Cl3NO4/c15-9-6-11(17)12(7-10(9)16)22-8-14(20)21-5-4-18-3-1-2-13(18)19/h6-7H,1-5,8H2. The molecule has 0 aliphatic carbocycles. The molecule has 0 saturated carbocycles. The first-order valence-corrected chi connectivity index (χ1v) is 7.81. The van der Waals surface area contributed by atoms with Crippen LogP contribution in [0.4, 0.5) is 0 Å². The molecule has 1 aliphatic heterocycles. The third-order valence-corrected chi connectivity index (χ3v) is 4.13. The van der Waals surface area contributed by atoms with Crippen LogP contribution in [0, 0.1) is 0 Å². The zero-order chi connectivity index (χ0) is 16.1. The summed E-state index contributed by atoms with van der Waals surface area (Å²) in [6.45, 7) is 0.957. The van der Waals surface area contributed by atoms with Gasteiger partial charge in [-0.3, -0.25) is 4.79 Å². The quantitative estimate of drug-likeness (QED) is 0.573. The van der Waals surface area contributed by atoms with Crippen LogP contribution in [-0.4, -0.2) is 43.1 Å². The van der Waals surface area contributed by atoms with Gasteiger partial charge in [-0.1, -0.05) is 34.8 Å². The minimum absolute atomic E-state index is 0.0925. The Labute approximate surface area is 143 Å². The highest BCUT2D eigenvalue weighted by molar-refractivity contribution is 6.43. The summed E-state index contributed by atoms with van der Waals surface area (Å²) < 4.78 is 10.3. The summed E-state index contributed by atoms with van der Waals surface area (Å²) in [6, 6.07) is 2.87. The maximum absolute atomic E-state index is 11.6. The van der Waals surface area contributed by atoms with Crippen LogP contribution >= 0.6 is 34.8 Å². The van der Waals surface area contributed by atoms with Gasteiger partial charge in [0, 0.05) is 19.0 Å². The molecule has 120 valence electrons. The van der Waals surface area contributed by atoms with Gasteiger partial charge in [-0.25, -0.2) is 4.79 Å². The van der Waals surface area contributed by atoms with E-state index in [-0.39, 0.29) is 34.9 Å². The van der Waals surface area contributed by atoms with Crippen molar-refractivity contribution in [1.82, 2.24) is 4.90 Å². The van der Waals surface area contributed by atoms with Gasteiger partial charge in [0.15, 0.2) is 6.61 Å². The van der Waals surface area contributed by atoms with E-state index in [1.54, 1.807) is 4.90 Å². The fraction of sp³-hybridized carbons (Fsp3) is 0.429. The number of nitrogens with zero attached hydrogens (tertiary/aromatic N) is 1. The Balaban J connectivity index is 1.73. The van der Waals surface area contributed by atoms with Crippen LogP contribution in [0.1, 0.15) is 12.8 Å². The Hall–Kier alpha value is -1.17. The second-order valence-electron chi connectivity index (χ2n) is 4.69. The molecule has 1 aromatic carbocycles. The first-order valence-electron chi connectivity index (χ1n) is 6.68. The van der Waals surface area contributed by atoms with Crippen LogP contribution in [0.2, 0.25) is 15.1 Å². The van der Waals surface area contributed by atoms with Crippen molar-refractivity contribution in [3.8, 4) is 5.75 Å². The largest absolute Gasteiger partial charge is 0.480 e. The summed E-state index contributed by atoms with van der Waals surface area (Å²) >= 11 is 17.6. The third kappa shape index (κ3) is 4.66. The van der Waals surface area contributed by atoms with Crippen molar-refractivity contribution in [2.75, 3.05) is 26.3 Å². The van der Waals surface area contributed by atoms with Gasteiger partial charge in [-0.05, 0) is 12.5 Å². The molecule has 0 bridgehead atoms. The van der Waals surface area contributed by atoms with Crippen LogP contribution in [0.5, 0.6) is 5.75 Å². The number of esters is 1. The summed E-state index contributed by atoms with van der Waals surface area (Å²) in [6.07, 6.45) is 1.42. The Morgan fingerprint density at radius 2 is 1.91 bits per heavy atom. The Kier molecular flexibility index (Phi) is 6.17. The lowest BCUT2D eigenvalue weighted by atomic mass is 10.3. The molecule has 0 atom stereocenters. The predicted molar refractivity (Wildman–Crippen MR) is 83.7 cm³/mol. The molecule has 1 aliphatic rings. The van der Waals surface area contributed by atoms with Crippen molar-refractivity contribution in [3.05, 3.63) is 27.2 Å². The fourth-order valence-corrected chi connectivity index (χ4v) is 2.59. The summed E-state index contributed by atoms with van der Waals surface area (Å²) in [7, 11) is 0. The molecule has 0 unspecified atom stereocenters. The molecule has 0 radical (unpaired) electrons. The average Bonchev–Trinajstić information content (AvgIpc) is 2.87.